The van der Waals surface area contributed by atoms with Gasteiger partial charge in [0.15, 0.2) is 6.71 Å². The van der Waals surface area contributed by atoms with Gasteiger partial charge in [-0.15, -0.1) is 0 Å². The van der Waals surface area contributed by atoms with Gasteiger partial charge in [-0.25, -0.2) is 0 Å². The Balaban J connectivity index is 2.42. The molecule has 3 amide bonds. The highest BCUT2D eigenvalue weighted by molar-refractivity contribution is 6.65. The third-order valence-electron chi connectivity index (χ3n) is 5.16. The van der Waals surface area contributed by atoms with E-state index in [-0.39, 0.29) is 49.6 Å². The fraction of sp³-hybridized carbons (Fsp3) is 0.842. The number of ether oxygens (including phenoxy) is 1. The summed E-state index contributed by atoms with van der Waals surface area (Å²) in [6.45, 7) is 11.6. The lowest BCUT2D eigenvalue weighted by Crippen LogP contribution is -2.42. The summed E-state index contributed by atoms with van der Waals surface area (Å²) in [4.78, 5) is 38.0. The second kappa shape index (κ2) is 10.7. The summed E-state index contributed by atoms with van der Waals surface area (Å²) in [6, 6.07) is 0. The van der Waals surface area contributed by atoms with Crippen molar-refractivity contribution in [3.05, 3.63) is 0 Å². The van der Waals surface area contributed by atoms with Crippen molar-refractivity contribution in [2.45, 2.75) is 84.4 Å². The molecule has 26 heavy (non-hydrogen) atoms. The first kappa shape index (κ1) is 22.7. The Hall–Kier alpha value is -1.37. The van der Waals surface area contributed by atoms with E-state index < -0.39 is 5.60 Å². The number of nitrogens with zero attached hydrogens (tertiary/aromatic N) is 1. The number of hydrogen-bond acceptors (Lipinski definition) is 4. The first-order chi connectivity index (χ1) is 12.3. The van der Waals surface area contributed by atoms with Crippen LogP contribution in [0.5, 0.6) is 0 Å². The number of imide groups is 1. The molecular formula is C19H35BN2O4. The maximum Gasteiger partial charge on any atom is 0.229 e. The van der Waals surface area contributed by atoms with Crippen LogP contribution >= 0.6 is 0 Å². The van der Waals surface area contributed by atoms with Crippen LogP contribution in [0.4, 0.5) is 0 Å². The zero-order chi connectivity index (χ0) is 19.7. The lowest BCUT2D eigenvalue weighted by molar-refractivity contribution is -0.138. The SMILES string of the molecule is CCCCOC(C)(C)CNC(=O)CCN1C(=O)CC(B(CC)CC)C1=O. The minimum atomic E-state index is -0.426. The van der Waals surface area contributed by atoms with Gasteiger partial charge in [-0.2, -0.15) is 0 Å². The first-order valence-corrected chi connectivity index (χ1v) is 10.0. The predicted octanol–water partition coefficient (Wildman–Crippen LogP) is 2.75. The molecule has 0 aliphatic carbocycles. The third-order valence-corrected chi connectivity index (χ3v) is 5.16. The van der Waals surface area contributed by atoms with Crippen molar-refractivity contribution in [1.82, 2.24) is 10.2 Å². The van der Waals surface area contributed by atoms with Gasteiger partial charge in [0.1, 0.15) is 0 Å². The second-order valence-corrected chi connectivity index (χ2v) is 7.76. The Morgan fingerprint density at radius 3 is 2.50 bits per heavy atom. The van der Waals surface area contributed by atoms with E-state index in [1.165, 1.54) is 4.90 Å². The molecule has 0 radical (unpaired) electrons. The largest absolute Gasteiger partial charge is 0.374 e. The lowest BCUT2D eigenvalue weighted by atomic mass is 9.37. The van der Waals surface area contributed by atoms with Crippen molar-refractivity contribution in [2.75, 3.05) is 19.7 Å². The highest BCUT2D eigenvalue weighted by Gasteiger charge is 2.42. The smallest absolute Gasteiger partial charge is 0.229 e. The number of unbranched alkanes of at least 4 members (excludes halogenated alkanes) is 1. The minimum absolute atomic E-state index is 0.111. The zero-order valence-corrected chi connectivity index (χ0v) is 17.1. The monoisotopic (exact) mass is 366 g/mol. The van der Waals surface area contributed by atoms with Crippen LogP contribution in [0.3, 0.4) is 0 Å². The molecule has 7 heteroatoms. The standard InChI is InChI=1S/C19H35BN2O4/c1-6-9-12-26-19(4,5)14-21-16(23)10-11-22-17(24)13-15(18(22)25)20(7-2)8-3/h15H,6-14H2,1-5H3,(H,21,23). The van der Waals surface area contributed by atoms with Gasteiger partial charge in [-0.1, -0.05) is 39.8 Å². The molecule has 1 rings (SSSR count). The molecule has 0 aromatic heterocycles. The van der Waals surface area contributed by atoms with Crippen LogP contribution < -0.4 is 5.32 Å². The van der Waals surface area contributed by atoms with Gasteiger partial charge in [0.05, 0.1) is 5.60 Å². The van der Waals surface area contributed by atoms with Crippen LogP contribution in [-0.4, -0.2) is 54.6 Å². The van der Waals surface area contributed by atoms with E-state index in [9.17, 15) is 14.4 Å². The Bertz CT molecular complexity index is 492. The van der Waals surface area contributed by atoms with Crippen molar-refractivity contribution in [1.29, 1.82) is 0 Å². The molecule has 1 atom stereocenters. The summed E-state index contributed by atoms with van der Waals surface area (Å²) in [5, 5.41) is 2.85. The first-order valence-electron chi connectivity index (χ1n) is 10.0. The summed E-state index contributed by atoms with van der Waals surface area (Å²) in [7, 11) is 0. The molecule has 1 aliphatic heterocycles. The molecule has 1 fully saturated rings. The molecule has 0 aromatic carbocycles. The lowest BCUT2D eigenvalue weighted by Gasteiger charge is -2.26. The van der Waals surface area contributed by atoms with Gasteiger partial charge in [-0.05, 0) is 20.3 Å². The molecule has 0 bridgehead atoms. The van der Waals surface area contributed by atoms with Crippen molar-refractivity contribution < 1.29 is 19.1 Å². The van der Waals surface area contributed by atoms with Crippen LogP contribution in [0.2, 0.25) is 18.5 Å². The quantitative estimate of drug-likeness (QED) is 0.327. The number of nitrogens with one attached hydrogen (secondary N) is 1. The molecular weight excluding hydrogens is 331 g/mol. The molecule has 0 spiro atoms. The van der Waals surface area contributed by atoms with Crippen molar-refractivity contribution in [2.24, 2.45) is 0 Å². The van der Waals surface area contributed by atoms with E-state index in [0.29, 0.717) is 13.2 Å². The summed E-state index contributed by atoms with van der Waals surface area (Å²) >= 11 is 0. The van der Waals surface area contributed by atoms with E-state index >= 15 is 0 Å². The number of likely N-dealkylation sites (tertiary alicyclic amines) is 1. The molecule has 1 N–H and O–H groups in total. The number of rotatable bonds is 12. The maximum absolute atomic E-state index is 12.5. The van der Waals surface area contributed by atoms with E-state index in [0.717, 1.165) is 25.5 Å². The number of carbonyl (C=O) groups is 3. The van der Waals surface area contributed by atoms with Crippen molar-refractivity contribution in [3.8, 4) is 0 Å². The van der Waals surface area contributed by atoms with E-state index in [4.69, 9.17) is 4.74 Å². The minimum Gasteiger partial charge on any atom is -0.374 e. The normalized spacial score (nSPS) is 17.7. The highest BCUT2D eigenvalue weighted by Crippen LogP contribution is 2.31. The Morgan fingerprint density at radius 2 is 1.92 bits per heavy atom. The summed E-state index contributed by atoms with van der Waals surface area (Å²) in [5.41, 5.74) is -0.426. The van der Waals surface area contributed by atoms with Crippen LogP contribution in [-0.2, 0) is 19.1 Å². The predicted molar refractivity (Wildman–Crippen MR) is 104 cm³/mol. The molecule has 148 valence electrons. The van der Waals surface area contributed by atoms with Crippen LogP contribution in [0, 0.1) is 0 Å². The van der Waals surface area contributed by atoms with E-state index in [1.807, 2.05) is 27.7 Å². The molecule has 1 saturated heterocycles. The second-order valence-electron chi connectivity index (χ2n) is 7.76. The zero-order valence-electron chi connectivity index (χ0n) is 17.1. The van der Waals surface area contributed by atoms with Gasteiger partial charge in [0.25, 0.3) is 0 Å². The fourth-order valence-corrected chi connectivity index (χ4v) is 3.33. The molecule has 0 saturated carbocycles. The maximum atomic E-state index is 12.5. The van der Waals surface area contributed by atoms with Gasteiger partial charge < -0.3 is 10.1 Å². The van der Waals surface area contributed by atoms with Crippen LogP contribution in [0.15, 0.2) is 0 Å². The molecule has 1 aliphatic rings. The van der Waals surface area contributed by atoms with Crippen molar-refractivity contribution in [3.63, 3.8) is 0 Å². The average molecular weight is 366 g/mol. The molecule has 1 unspecified atom stereocenters. The molecule has 0 aromatic rings. The fourth-order valence-electron chi connectivity index (χ4n) is 3.33. The van der Waals surface area contributed by atoms with Crippen LogP contribution in [0.1, 0.15) is 60.3 Å². The highest BCUT2D eigenvalue weighted by atomic mass is 16.5. The molecule has 1 heterocycles. The van der Waals surface area contributed by atoms with E-state index in [2.05, 4.69) is 12.2 Å². The Labute approximate surface area is 158 Å². The van der Waals surface area contributed by atoms with Crippen LogP contribution in [0.25, 0.3) is 0 Å². The Morgan fingerprint density at radius 1 is 1.27 bits per heavy atom. The summed E-state index contributed by atoms with van der Waals surface area (Å²) in [5.74, 6) is -0.641. The number of hydrogen-bond donors (Lipinski definition) is 1. The van der Waals surface area contributed by atoms with Gasteiger partial charge in [0.2, 0.25) is 17.7 Å². The topological polar surface area (TPSA) is 75.7 Å². The van der Waals surface area contributed by atoms with Crippen molar-refractivity contribution >= 4 is 24.4 Å². The summed E-state index contributed by atoms with van der Waals surface area (Å²) < 4.78 is 5.76. The van der Waals surface area contributed by atoms with Gasteiger partial charge >= 0.3 is 0 Å². The average Bonchev–Trinajstić information content (AvgIpc) is 2.87. The van der Waals surface area contributed by atoms with Gasteiger partial charge in [0, 0.05) is 38.4 Å². The molecule has 6 nitrogen and oxygen atoms in total. The third kappa shape index (κ3) is 6.74. The number of amides is 3. The van der Waals surface area contributed by atoms with Gasteiger partial charge in [-0.3, -0.25) is 19.3 Å². The number of carbonyl (C=O) groups excluding carboxylic acids is 3. The van der Waals surface area contributed by atoms with E-state index in [1.54, 1.807) is 0 Å². The Kier molecular flexibility index (Phi) is 9.34. The summed E-state index contributed by atoms with van der Waals surface area (Å²) in [6.07, 6.45) is 4.26.